The van der Waals surface area contributed by atoms with Crippen molar-refractivity contribution in [2.24, 2.45) is 0 Å². The second-order valence-corrected chi connectivity index (χ2v) is 4.35. The van der Waals surface area contributed by atoms with E-state index in [1.807, 2.05) is 0 Å². The summed E-state index contributed by atoms with van der Waals surface area (Å²) in [5, 5.41) is 11.2. The van der Waals surface area contributed by atoms with Crippen LogP contribution in [-0.4, -0.2) is 41.5 Å². The maximum atomic E-state index is 13.3. The zero-order valence-corrected chi connectivity index (χ0v) is 11.2. The van der Waals surface area contributed by atoms with E-state index in [2.05, 4.69) is 5.32 Å². The van der Waals surface area contributed by atoms with Crippen LogP contribution in [0.1, 0.15) is 13.3 Å². The lowest BCUT2D eigenvalue weighted by Gasteiger charge is -2.22. The Morgan fingerprint density at radius 1 is 1.40 bits per heavy atom. The van der Waals surface area contributed by atoms with E-state index in [1.165, 1.54) is 11.9 Å². The average molecular weight is 286 g/mol. The summed E-state index contributed by atoms with van der Waals surface area (Å²) < 4.78 is 26.0. The van der Waals surface area contributed by atoms with Crippen LogP contribution in [-0.2, 0) is 9.59 Å². The van der Waals surface area contributed by atoms with E-state index in [-0.39, 0.29) is 12.2 Å². The van der Waals surface area contributed by atoms with Crippen molar-refractivity contribution < 1.29 is 23.5 Å². The van der Waals surface area contributed by atoms with Crippen molar-refractivity contribution in [3.8, 4) is 0 Å². The third-order valence-corrected chi connectivity index (χ3v) is 2.80. The van der Waals surface area contributed by atoms with Gasteiger partial charge in [-0.2, -0.15) is 0 Å². The molecule has 0 saturated carbocycles. The summed E-state index contributed by atoms with van der Waals surface area (Å²) in [7, 11) is 1.49. The predicted molar refractivity (Wildman–Crippen MR) is 69.3 cm³/mol. The topological polar surface area (TPSA) is 69.6 Å². The Bertz CT molecular complexity index is 508. The number of halogens is 2. The molecule has 110 valence electrons. The number of hydrogen-bond acceptors (Lipinski definition) is 3. The molecular formula is C13H16F2N2O3. The van der Waals surface area contributed by atoms with E-state index < -0.39 is 29.6 Å². The fourth-order valence-electron chi connectivity index (χ4n) is 1.79. The number of rotatable bonds is 6. The number of aliphatic carboxylic acids is 1. The van der Waals surface area contributed by atoms with E-state index >= 15 is 0 Å². The first-order chi connectivity index (χ1) is 9.35. The summed E-state index contributed by atoms with van der Waals surface area (Å²) in [5.41, 5.74) is -0.145. The second-order valence-electron chi connectivity index (χ2n) is 4.35. The van der Waals surface area contributed by atoms with Crippen molar-refractivity contribution in [3.63, 3.8) is 0 Å². The molecule has 0 aromatic heterocycles. The van der Waals surface area contributed by atoms with E-state index in [0.29, 0.717) is 12.5 Å². The average Bonchev–Trinajstić information content (AvgIpc) is 2.33. The number of benzene rings is 1. The summed E-state index contributed by atoms with van der Waals surface area (Å²) >= 11 is 0. The van der Waals surface area contributed by atoms with Gasteiger partial charge in [-0.05, 0) is 25.6 Å². The van der Waals surface area contributed by atoms with Crippen LogP contribution in [0.15, 0.2) is 18.2 Å². The molecule has 0 spiro atoms. The van der Waals surface area contributed by atoms with Crippen LogP contribution in [0.3, 0.4) is 0 Å². The standard InChI is InChI=1S/C13H16F2N2O3/c1-3-11(13(19)20)17(2)7-12(18)16-10-5-4-8(14)6-9(10)15/h4-6,11H,3,7H2,1-2H3,(H,16,18)(H,19,20). The Balaban J connectivity index is 2.65. The molecule has 0 saturated heterocycles. The van der Waals surface area contributed by atoms with Crippen LogP contribution < -0.4 is 5.32 Å². The molecule has 1 aromatic carbocycles. The van der Waals surface area contributed by atoms with E-state index in [4.69, 9.17) is 5.11 Å². The van der Waals surface area contributed by atoms with Gasteiger partial charge in [0.05, 0.1) is 12.2 Å². The molecule has 2 N–H and O–H groups in total. The number of nitrogens with zero attached hydrogens (tertiary/aromatic N) is 1. The molecule has 1 atom stereocenters. The van der Waals surface area contributed by atoms with Gasteiger partial charge >= 0.3 is 5.97 Å². The van der Waals surface area contributed by atoms with Crippen molar-refractivity contribution >= 4 is 17.6 Å². The lowest BCUT2D eigenvalue weighted by Crippen LogP contribution is -2.42. The summed E-state index contributed by atoms with van der Waals surface area (Å²) in [5.74, 6) is -3.23. The quantitative estimate of drug-likeness (QED) is 0.835. The monoisotopic (exact) mass is 286 g/mol. The highest BCUT2D eigenvalue weighted by Gasteiger charge is 2.22. The third kappa shape index (κ3) is 4.27. The zero-order valence-electron chi connectivity index (χ0n) is 11.2. The van der Waals surface area contributed by atoms with Gasteiger partial charge in [0.1, 0.15) is 17.7 Å². The number of carbonyl (C=O) groups excluding carboxylic acids is 1. The highest BCUT2D eigenvalue weighted by atomic mass is 19.1. The number of nitrogens with one attached hydrogen (secondary N) is 1. The lowest BCUT2D eigenvalue weighted by molar-refractivity contribution is -0.143. The number of carboxylic acids is 1. The van der Waals surface area contributed by atoms with Crippen LogP contribution >= 0.6 is 0 Å². The van der Waals surface area contributed by atoms with Crippen molar-refractivity contribution in [3.05, 3.63) is 29.8 Å². The first-order valence-corrected chi connectivity index (χ1v) is 6.03. The number of hydrogen-bond donors (Lipinski definition) is 2. The Labute approximate surface area is 115 Å². The number of carboxylic acid groups (broad SMARTS) is 1. The van der Waals surface area contributed by atoms with Crippen LogP contribution in [0.25, 0.3) is 0 Å². The largest absolute Gasteiger partial charge is 0.480 e. The van der Waals surface area contributed by atoms with Crippen LogP contribution in [0.2, 0.25) is 0 Å². The minimum Gasteiger partial charge on any atom is -0.480 e. The molecule has 0 heterocycles. The van der Waals surface area contributed by atoms with Crippen LogP contribution in [0, 0.1) is 11.6 Å². The van der Waals surface area contributed by atoms with Gasteiger partial charge < -0.3 is 10.4 Å². The molecule has 1 aromatic rings. The molecule has 1 amide bonds. The van der Waals surface area contributed by atoms with E-state index in [1.54, 1.807) is 6.92 Å². The normalized spacial score (nSPS) is 12.2. The summed E-state index contributed by atoms with van der Waals surface area (Å²) in [4.78, 5) is 24.0. The van der Waals surface area contributed by atoms with E-state index in [0.717, 1.165) is 12.1 Å². The van der Waals surface area contributed by atoms with Crippen molar-refractivity contribution in [2.75, 3.05) is 18.9 Å². The highest BCUT2D eigenvalue weighted by Crippen LogP contribution is 2.15. The smallest absolute Gasteiger partial charge is 0.320 e. The summed E-state index contributed by atoms with van der Waals surface area (Å²) in [6.07, 6.45) is 0.337. The first kappa shape index (κ1) is 16.0. The fourth-order valence-corrected chi connectivity index (χ4v) is 1.79. The van der Waals surface area contributed by atoms with Crippen LogP contribution in [0.4, 0.5) is 14.5 Å². The van der Waals surface area contributed by atoms with Crippen molar-refractivity contribution in [1.82, 2.24) is 4.90 Å². The molecular weight excluding hydrogens is 270 g/mol. The predicted octanol–water partition coefficient (Wildman–Crippen LogP) is 1.70. The Morgan fingerprint density at radius 2 is 2.05 bits per heavy atom. The van der Waals surface area contributed by atoms with Crippen LogP contribution in [0.5, 0.6) is 0 Å². The molecule has 0 radical (unpaired) electrons. The molecule has 0 aliphatic heterocycles. The van der Waals surface area contributed by atoms with Gasteiger partial charge in [-0.25, -0.2) is 8.78 Å². The highest BCUT2D eigenvalue weighted by molar-refractivity contribution is 5.92. The van der Waals surface area contributed by atoms with E-state index in [9.17, 15) is 18.4 Å². The van der Waals surface area contributed by atoms with Gasteiger partial charge in [0.2, 0.25) is 5.91 Å². The van der Waals surface area contributed by atoms with Gasteiger partial charge in [0, 0.05) is 6.07 Å². The number of amides is 1. The third-order valence-electron chi connectivity index (χ3n) is 2.80. The van der Waals surface area contributed by atoms with Crippen molar-refractivity contribution in [2.45, 2.75) is 19.4 Å². The first-order valence-electron chi connectivity index (χ1n) is 6.03. The molecule has 1 rings (SSSR count). The molecule has 7 heteroatoms. The number of anilines is 1. The minimum atomic E-state index is -1.03. The molecule has 20 heavy (non-hydrogen) atoms. The van der Waals surface area contributed by atoms with Gasteiger partial charge in [0.25, 0.3) is 0 Å². The molecule has 1 unspecified atom stereocenters. The van der Waals surface area contributed by atoms with Crippen molar-refractivity contribution in [1.29, 1.82) is 0 Å². The maximum absolute atomic E-state index is 13.3. The fraction of sp³-hybridized carbons (Fsp3) is 0.385. The SMILES string of the molecule is CCC(C(=O)O)N(C)CC(=O)Nc1ccc(F)cc1F. The Morgan fingerprint density at radius 3 is 2.55 bits per heavy atom. The van der Waals surface area contributed by atoms with Gasteiger partial charge in [-0.1, -0.05) is 6.92 Å². The van der Waals surface area contributed by atoms with Gasteiger partial charge in [-0.15, -0.1) is 0 Å². The molecule has 5 nitrogen and oxygen atoms in total. The lowest BCUT2D eigenvalue weighted by atomic mass is 10.2. The Hall–Kier alpha value is -2.02. The summed E-state index contributed by atoms with van der Waals surface area (Å²) in [6, 6.07) is 2.00. The molecule has 0 aliphatic rings. The molecule has 0 aliphatic carbocycles. The minimum absolute atomic E-state index is 0.145. The zero-order chi connectivity index (χ0) is 15.3. The second kappa shape index (κ2) is 6.95. The molecule has 0 bridgehead atoms. The molecule has 0 fully saturated rings. The number of carbonyl (C=O) groups is 2. The number of likely N-dealkylation sites (N-methyl/N-ethyl adjacent to an activating group) is 1. The summed E-state index contributed by atoms with van der Waals surface area (Å²) in [6.45, 7) is 1.48. The van der Waals surface area contributed by atoms with Gasteiger partial charge in [0.15, 0.2) is 0 Å². The Kier molecular flexibility index (Phi) is 5.57. The van der Waals surface area contributed by atoms with Gasteiger partial charge in [-0.3, -0.25) is 14.5 Å². The maximum Gasteiger partial charge on any atom is 0.320 e.